The third kappa shape index (κ3) is 6.46. The standard InChI is InChI=1S/C29H34N6O4/c1-19-32-33-27(38-19)35-14-12-34(13-15-35)18-20-8-10-21(11-9-20)25-16-24-22(6-5-7-23(24)26(36)31-25)17-30-28(37)39-29(2,3)4/h5-11,16H,12-15,17-18H2,1-4H3,(H,30,37)(H,31,36). The molecule has 0 saturated carbocycles. The monoisotopic (exact) mass is 530 g/mol. The Kier molecular flexibility index (Phi) is 7.38. The van der Waals surface area contributed by atoms with Crippen LogP contribution in [0.3, 0.4) is 0 Å². The molecule has 39 heavy (non-hydrogen) atoms. The number of carbonyl (C=O) groups is 1. The van der Waals surface area contributed by atoms with Gasteiger partial charge in [-0.15, -0.1) is 5.10 Å². The fraction of sp³-hybridized carbons (Fsp3) is 0.379. The lowest BCUT2D eigenvalue weighted by Crippen LogP contribution is -2.46. The number of pyridine rings is 1. The number of aromatic nitrogens is 3. The normalized spacial score (nSPS) is 14.5. The van der Waals surface area contributed by atoms with Crippen LogP contribution < -0.4 is 15.8 Å². The van der Waals surface area contributed by atoms with E-state index in [1.807, 2.05) is 51.1 Å². The van der Waals surface area contributed by atoms with E-state index in [9.17, 15) is 9.59 Å². The van der Waals surface area contributed by atoms with Crippen molar-refractivity contribution in [2.45, 2.75) is 46.4 Å². The maximum atomic E-state index is 12.9. The molecule has 10 heteroatoms. The van der Waals surface area contributed by atoms with Gasteiger partial charge in [-0.1, -0.05) is 41.5 Å². The number of anilines is 1. The summed E-state index contributed by atoms with van der Waals surface area (Å²) in [7, 11) is 0. The SMILES string of the molecule is Cc1nnc(N2CCN(Cc3ccc(-c4cc5c(CNC(=O)OC(C)(C)C)cccc5c(=O)[nH]4)cc3)CC2)o1. The van der Waals surface area contributed by atoms with E-state index in [2.05, 4.69) is 42.4 Å². The van der Waals surface area contributed by atoms with Crippen LogP contribution in [-0.2, 0) is 17.8 Å². The fourth-order valence-corrected chi connectivity index (χ4v) is 4.70. The third-order valence-corrected chi connectivity index (χ3v) is 6.63. The van der Waals surface area contributed by atoms with Gasteiger partial charge in [-0.3, -0.25) is 9.69 Å². The van der Waals surface area contributed by atoms with Gasteiger partial charge in [-0.25, -0.2) is 4.79 Å². The molecule has 204 valence electrons. The molecule has 2 aromatic carbocycles. The van der Waals surface area contributed by atoms with Crippen molar-refractivity contribution in [3.8, 4) is 11.3 Å². The summed E-state index contributed by atoms with van der Waals surface area (Å²) in [4.78, 5) is 32.6. The molecule has 0 spiro atoms. The number of nitrogens with one attached hydrogen (secondary N) is 2. The minimum absolute atomic E-state index is 0.167. The van der Waals surface area contributed by atoms with E-state index in [-0.39, 0.29) is 12.1 Å². The van der Waals surface area contributed by atoms with Crippen LogP contribution >= 0.6 is 0 Å². The molecule has 0 bridgehead atoms. The van der Waals surface area contributed by atoms with E-state index in [0.717, 1.165) is 54.9 Å². The minimum Gasteiger partial charge on any atom is -0.444 e. The molecule has 1 fully saturated rings. The van der Waals surface area contributed by atoms with Crippen molar-refractivity contribution in [1.82, 2.24) is 25.4 Å². The molecule has 1 aliphatic rings. The molecule has 1 aliphatic heterocycles. The number of alkyl carbamates (subject to hydrolysis) is 1. The minimum atomic E-state index is -0.581. The number of rotatable bonds is 6. The van der Waals surface area contributed by atoms with Crippen molar-refractivity contribution in [3.05, 3.63) is 75.9 Å². The highest BCUT2D eigenvalue weighted by Crippen LogP contribution is 2.24. The molecule has 2 aromatic heterocycles. The first kappa shape index (κ1) is 26.4. The number of piperazine rings is 1. The first-order valence-corrected chi connectivity index (χ1v) is 13.1. The van der Waals surface area contributed by atoms with Gasteiger partial charge in [0.2, 0.25) is 5.89 Å². The zero-order valence-electron chi connectivity index (χ0n) is 22.8. The second-order valence-corrected chi connectivity index (χ2v) is 10.8. The van der Waals surface area contributed by atoms with Gasteiger partial charge in [0.25, 0.3) is 5.56 Å². The Bertz CT molecular complexity index is 1510. The lowest BCUT2D eigenvalue weighted by atomic mass is 10.0. The summed E-state index contributed by atoms with van der Waals surface area (Å²) in [5.74, 6) is 0.578. The van der Waals surface area contributed by atoms with E-state index in [1.54, 1.807) is 13.0 Å². The van der Waals surface area contributed by atoms with Gasteiger partial charge >= 0.3 is 12.1 Å². The van der Waals surface area contributed by atoms with Crippen LogP contribution in [0, 0.1) is 6.92 Å². The Morgan fingerprint density at radius 2 is 1.79 bits per heavy atom. The molecule has 1 saturated heterocycles. The lowest BCUT2D eigenvalue weighted by Gasteiger charge is -2.33. The van der Waals surface area contributed by atoms with Gasteiger partial charge in [-0.2, -0.15) is 0 Å². The van der Waals surface area contributed by atoms with E-state index >= 15 is 0 Å². The Labute approximate surface area is 227 Å². The summed E-state index contributed by atoms with van der Waals surface area (Å²) in [6.07, 6.45) is -0.494. The van der Waals surface area contributed by atoms with Gasteiger partial charge < -0.3 is 24.4 Å². The number of aryl methyl sites for hydroxylation is 1. The first-order chi connectivity index (χ1) is 18.6. The van der Waals surface area contributed by atoms with Crippen LogP contribution in [0.4, 0.5) is 10.8 Å². The molecular formula is C29H34N6O4. The van der Waals surface area contributed by atoms with Crippen molar-refractivity contribution in [1.29, 1.82) is 0 Å². The van der Waals surface area contributed by atoms with Crippen LogP contribution in [0.5, 0.6) is 0 Å². The van der Waals surface area contributed by atoms with Crippen molar-refractivity contribution in [3.63, 3.8) is 0 Å². The molecule has 0 unspecified atom stereocenters. The maximum Gasteiger partial charge on any atom is 0.407 e. The number of carbonyl (C=O) groups excluding carboxylic acids is 1. The Morgan fingerprint density at radius 3 is 2.46 bits per heavy atom. The van der Waals surface area contributed by atoms with E-state index in [0.29, 0.717) is 17.3 Å². The highest BCUT2D eigenvalue weighted by atomic mass is 16.6. The number of aromatic amines is 1. The van der Waals surface area contributed by atoms with Crippen LogP contribution in [0.15, 0.2) is 57.7 Å². The van der Waals surface area contributed by atoms with Crippen LogP contribution in [0.25, 0.3) is 22.0 Å². The number of benzene rings is 2. The lowest BCUT2D eigenvalue weighted by molar-refractivity contribution is 0.0524. The molecule has 3 heterocycles. The highest BCUT2D eigenvalue weighted by molar-refractivity contribution is 5.88. The third-order valence-electron chi connectivity index (χ3n) is 6.63. The number of H-pyrrole nitrogens is 1. The number of nitrogens with zero attached hydrogens (tertiary/aromatic N) is 4. The zero-order valence-corrected chi connectivity index (χ0v) is 22.8. The Morgan fingerprint density at radius 1 is 1.05 bits per heavy atom. The number of ether oxygens (including phenoxy) is 1. The summed E-state index contributed by atoms with van der Waals surface area (Å²) in [5, 5.41) is 12.2. The molecule has 0 atom stereocenters. The number of amides is 1. The summed E-state index contributed by atoms with van der Waals surface area (Å²) in [6, 6.07) is 16.3. The predicted molar refractivity (Wildman–Crippen MR) is 150 cm³/mol. The fourth-order valence-electron chi connectivity index (χ4n) is 4.70. The molecule has 0 radical (unpaired) electrons. The van der Waals surface area contributed by atoms with Crippen LogP contribution in [0.1, 0.15) is 37.8 Å². The predicted octanol–water partition coefficient (Wildman–Crippen LogP) is 4.23. The van der Waals surface area contributed by atoms with Crippen molar-refractivity contribution < 1.29 is 13.9 Å². The van der Waals surface area contributed by atoms with Gasteiger partial charge in [0.15, 0.2) is 0 Å². The molecule has 10 nitrogen and oxygen atoms in total. The molecule has 2 N–H and O–H groups in total. The highest BCUT2D eigenvalue weighted by Gasteiger charge is 2.21. The van der Waals surface area contributed by atoms with Gasteiger partial charge in [0, 0.05) is 57.3 Å². The van der Waals surface area contributed by atoms with E-state index in [1.165, 1.54) is 5.56 Å². The average molecular weight is 531 g/mol. The first-order valence-electron chi connectivity index (χ1n) is 13.1. The second-order valence-electron chi connectivity index (χ2n) is 10.8. The number of fused-ring (bicyclic) bond motifs is 1. The molecule has 0 aliphatic carbocycles. The van der Waals surface area contributed by atoms with E-state index < -0.39 is 11.7 Å². The number of hydrogen-bond acceptors (Lipinski definition) is 8. The molecule has 1 amide bonds. The summed E-state index contributed by atoms with van der Waals surface area (Å²) in [5.41, 5.74) is 2.95. The number of hydrogen-bond donors (Lipinski definition) is 2. The quantitative estimate of drug-likeness (QED) is 0.380. The van der Waals surface area contributed by atoms with E-state index in [4.69, 9.17) is 9.15 Å². The van der Waals surface area contributed by atoms with Crippen LogP contribution in [-0.4, -0.2) is 58.0 Å². The van der Waals surface area contributed by atoms with Crippen molar-refractivity contribution in [2.24, 2.45) is 0 Å². The Balaban J connectivity index is 1.26. The maximum absolute atomic E-state index is 12.9. The average Bonchev–Trinajstić information content (AvgIpc) is 3.33. The topological polar surface area (TPSA) is 117 Å². The zero-order chi connectivity index (χ0) is 27.6. The van der Waals surface area contributed by atoms with Crippen LogP contribution in [0.2, 0.25) is 0 Å². The Hall–Kier alpha value is -4.18. The van der Waals surface area contributed by atoms with Crippen molar-refractivity contribution in [2.75, 3.05) is 31.1 Å². The van der Waals surface area contributed by atoms with Crippen molar-refractivity contribution >= 4 is 22.9 Å². The summed E-state index contributed by atoms with van der Waals surface area (Å²) in [6.45, 7) is 11.8. The summed E-state index contributed by atoms with van der Waals surface area (Å²) >= 11 is 0. The molecular weight excluding hydrogens is 496 g/mol. The van der Waals surface area contributed by atoms with Gasteiger partial charge in [-0.05, 0) is 55.0 Å². The second kappa shape index (κ2) is 10.9. The molecule has 4 aromatic rings. The van der Waals surface area contributed by atoms with Gasteiger partial charge in [0.1, 0.15) is 5.60 Å². The largest absolute Gasteiger partial charge is 0.444 e. The van der Waals surface area contributed by atoms with Gasteiger partial charge in [0.05, 0.1) is 0 Å². The molecule has 5 rings (SSSR count). The smallest absolute Gasteiger partial charge is 0.407 e. The summed E-state index contributed by atoms with van der Waals surface area (Å²) < 4.78 is 10.9.